The fourth-order valence-corrected chi connectivity index (χ4v) is 2.72. The van der Waals surface area contributed by atoms with Crippen LogP contribution < -0.4 is 5.73 Å². The van der Waals surface area contributed by atoms with Crippen LogP contribution in [0.2, 0.25) is 0 Å². The summed E-state index contributed by atoms with van der Waals surface area (Å²) in [5, 5.41) is 6.89. The van der Waals surface area contributed by atoms with Gasteiger partial charge in [0.25, 0.3) is 5.91 Å². The highest BCUT2D eigenvalue weighted by molar-refractivity contribution is 5.90. The average Bonchev–Trinajstić information content (AvgIpc) is 3.09. The van der Waals surface area contributed by atoms with Crippen LogP contribution in [0, 0.1) is 0 Å². The van der Waals surface area contributed by atoms with Crippen LogP contribution in [0.1, 0.15) is 40.8 Å². The molecule has 1 amide bonds. The van der Waals surface area contributed by atoms with Crippen LogP contribution in [0.25, 0.3) is 0 Å². The number of aromatic amines is 2. The molecule has 0 unspecified atom stereocenters. The average molecular weight is 274 g/mol. The van der Waals surface area contributed by atoms with Gasteiger partial charge >= 0.3 is 0 Å². The van der Waals surface area contributed by atoms with Crippen molar-refractivity contribution in [3.8, 4) is 0 Å². The maximum atomic E-state index is 11.1. The standard InChI is InChI=1S/C13H18N6O/c14-13(20)11-6-10(17-18-11)9-2-1-5-19(7-9)8-12-15-3-4-16-12/h3-4,6,9H,1-2,5,7-8H2,(H2,14,20)(H,15,16)(H,17,18)/t9-/m0/s1. The predicted molar refractivity (Wildman–Crippen MR) is 72.9 cm³/mol. The summed E-state index contributed by atoms with van der Waals surface area (Å²) >= 11 is 0. The van der Waals surface area contributed by atoms with Gasteiger partial charge in [-0.25, -0.2) is 4.98 Å². The Hall–Kier alpha value is -2.15. The Morgan fingerprint density at radius 1 is 1.55 bits per heavy atom. The minimum Gasteiger partial charge on any atom is -0.364 e. The number of H-pyrrole nitrogens is 2. The third-order valence-electron chi connectivity index (χ3n) is 3.72. The zero-order valence-electron chi connectivity index (χ0n) is 11.2. The van der Waals surface area contributed by atoms with Crippen molar-refractivity contribution in [1.29, 1.82) is 0 Å². The lowest BCUT2D eigenvalue weighted by Gasteiger charge is -2.31. The second kappa shape index (κ2) is 5.46. The minimum absolute atomic E-state index is 0.308. The minimum atomic E-state index is -0.490. The number of nitrogens with two attached hydrogens (primary N) is 1. The molecule has 1 aliphatic heterocycles. The van der Waals surface area contributed by atoms with Gasteiger partial charge < -0.3 is 10.7 Å². The second-order valence-corrected chi connectivity index (χ2v) is 5.18. The largest absolute Gasteiger partial charge is 0.364 e. The van der Waals surface area contributed by atoms with Gasteiger partial charge in [-0.1, -0.05) is 0 Å². The normalized spacial score (nSPS) is 20.1. The van der Waals surface area contributed by atoms with E-state index in [-0.39, 0.29) is 0 Å². The van der Waals surface area contributed by atoms with E-state index < -0.39 is 5.91 Å². The molecule has 3 heterocycles. The molecule has 2 aromatic heterocycles. The molecule has 0 aliphatic carbocycles. The number of rotatable bonds is 4. The van der Waals surface area contributed by atoms with Crippen LogP contribution in [0.15, 0.2) is 18.5 Å². The van der Waals surface area contributed by atoms with Crippen molar-refractivity contribution >= 4 is 5.91 Å². The molecule has 7 heteroatoms. The third kappa shape index (κ3) is 2.72. The number of likely N-dealkylation sites (tertiary alicyclic amines) is 1. The Kier molecular flexibility index (Phi) is 3.51. The van der Waals surface area contributed by atoms with Crippen molar-refractivity contribution in [3.63, 3.8) is 0 Å². The van der Waals surface area contributed by atoms with E-state index >= 15 is 0 Å². The summed E-state index contributed by atoms with van der Waals surface area (Å²) in [6.45, 7) is 2.81. The summed E-state index contributed by atoms with van der Waals surface area (Å²) < 4.78 is 0. The van der Waals surface area contributed by atoms with Crippen LogP contribution in [-0.4, -0.2) is 44.1 Å². The van der Waals surface area contributed by atoms with Gasteiger partial charge in [-0.2, -0.15) is 5.10 Å². The number of nitrogens with zero attached hydrogens (tertiary/aromatic N) is 3. The summed E-state index contributed by atoms with van der Waals surface area (Å²) in [5.41, 5.74) is 6.53. The van der Waals surface area contributed by atoms with Crippen LogP contribution in [0.4, 0.5) is 0 Å². The van der Waals surface area contributed by atoms with Gasteiger partial charge in [0.2, 0.25) is 0 Å². The molecule has 106 valence electrons. The van der Waals surface area contributed by atoms with Crippen molar-refractivity contribution in [2.45, 2.75) is 25.3 Å². The lowest BCUT2D eigenvalue weighted by Crippen LogP contribution is -2.34. The topological polar surface area (TPSA) is 104 Å². The molecule has 0 saturated carbocycles. The van der Waals surface area contributed by atoms with E-state index in [1.54, 1.807) is 12.3 Å². The Labute approximate surface area is 116 Å². The molecule has 0 bridgehead atoms. The Balaban J connectivity index is 1.66. The van der Waals surface area contributed by atoms with Crippen molar-refractivity contribution in [2.75, 3.05) is 13.1 Å². The van der Waals surface area contributed by atoms with Crippen LogP contribution in [0.3, 0.4) is 0 Å². The number of piperidine rings is 1. The van der Waals surface area contributed by atoms with Crippen LogP contribution >= 0.6 is 0 Å². The van der Waals surface area contributed by atoms with Crippen molar-refractivity contribution in [2.24, 2.45) is 5.73 Å². The number of carbonyl (C=O) groups is 1. The van der Waals surface area contributed by atoms with E-state index in [2.05, 4.69) is 25.1 Å². The van der Waals surface area contributed by atoms with Gasteiger partial charge in [0.05, 0.1) is 6.54 Å². The summed E-state index contributed by atoms with van der Waals surface area (Å²) in [7, 11) is 0. The number of nitrogens with one attached hydrogen (secondary N) is 2. The number of carbonyl (C=O) groups excluding carboxylic acids is 1. The van der Waals surface area contributed by atoms with E-state index in [9.17, 15) is 4.79 Å². The Bertz CT molecular complexity index is 575. The molecule has 1 fully saturated rings. The molecular formula is C13H18N6O. The maximum absolute atomic E-state index is 11.1. The lowest BCUT2D eigenvalue weighted by atomic mass is 9.94. The van der Waals surface area contributed by atoms with E-state index in [0.29, 0.717) is 11.6 Å². The molecular weight excluding hydrogens is 256 g/mol. The predicted octanol–water partition coefficient (Wildman–Crippen LogP) is 0.611. The molecule has 2 aromatic rings. The Morgan fingerprint density at radius 3 is 3.15 bits per heavy atom. The van der Waals surface area contributed by atoms with Gasteiger partial charge in [-0.15, -0.1) is 0 Å². The number of imidazole rings is 1. The first-order valence-electron chi connectivity index (χ1n) is 6.78. The zero-order valence-corrected chi connectivity index (χ0v) is 11.2. The monoisotopic (exact) mass is 274 g/mol. The summed E-state index contributed by atoms with van der Waals surface area (Å²) in [5.74, 6) is 0.850. The number of aromatic nitrogens is 4. The molecule has 0 radical (unpaired) electrons. The lowest BCUT2D eigenvalue weighted by molar-refractivity contribution is 0.0995. The quantitative estimate of drug-likeness (QED) is 0.760. The highest BCUT2D eigenvalue weighted by atomic mass is 16.1. The molecule has 0 aromatic carbocycles. The molecule has 20 heavy (non-hydrogen) atoms. The SMILES string of the molecule is NC(=O)c1cc([C@H]2CCCN(Cc3ncc[nH]3)C2)[nH]n1. The van der Waals surface area contributed by atoms with Crippen molar-refractivity contribution in [1.82, 2.24) is 25.1 Å². The fourth-order valence-electron chi connectivity index (χ4n) is 2.72. The molecule has 0 spiro atoms. The molecule has 7 nitrogen and oxygen atoms in total. The molecule has 1 atom stereocenters. The second-order valence-electron chi connectivity index (χ2n) is 5.18. The van der Waals surface area contributed by atoms with Gasteiger partial charge in [-0.05, 0) is 25.5 Å². The zero-order chi connectivity index (χ0) is 13.9. The number of hydrogen-bond donors (Lipinski definition) is 3. The number of primary amides is 1. The van der Waals surface area contributed by atoms with Crippen molar-refractivity contribution < 1.29 is 4.79 Å². The van der Waals surface area contributed by atoms with E-state index in [4.69, 9.17) is 5.73 Å². The van der Waals surface area contributed by atoms with E-state index in [0.717, 1.165) is 44.0 Å². The van der Waals surface area contributed by atoms with Gasteiger partial charge in [0, 0.05) is 30.6 Å². The maximum Gasteiger partial charge on any atom is 0.269 e. The third-order valence-corrected chi connectivity index (χ3v) is 3.72. The first-order chi connectivity index (χ1) is 9.72. The highest BCUT2D eigenvalue weighted by Crippen LogP contribution is 2.26. The Morgan fingerprint density at radius 2 is 2.45 bits per heavy atom. The van der Waals surface area contributed by atoms with E-state index in [1.807, 2.05) is 6.20 Å². The highest BCUT2D eigenvalue weighted by Gasteiger charge is 2.24. The van der Waals surface area contributed by atoms with Gasteiger partial charge in [0.1, 0.15) is 11.5 Å². The summed E-state index contributed by atoms with van der Waals surface area (Å²) in [6, 6.07) is 1.77. The fraction of sp³-hybridized carbons (Fsp3) is 0.462. The van der Waals surface area contributed by atoms with Crippen LogP contribution in [-0.2, 0) is 6.54 Å². The summed E-state index contributed by atoms with van der Waals surface area (Å²) in [4.78, 5) is 20.8. The molecule has 1 aliphatic rings. The smallest absolute Gasteiger partial charge is 0.269 e. The van der Waals surface area contributed by atoms with Crippen LogP contribution in [0.5, 0.6) is 0 Å². The first-order valence-corrected chi connectivity index (χ1v) is 6.78. The summed E-state index contributed by atoms with van der Waals surface area (Å²) in [6.07, 6.45) is 5.82. The van der Waals surface area contributed by atoms with Crippen molar-refractivity contribution in [3.05, 3.63) is 35.7 Å². The van der Waals surface area contributed by atoms with Gasteiger partial charge in [-0.3, -0.25) is 14.8 Å². The van der Waals surface area contributed by atoms with E-state index in [1.165, 1.54) is 0 Å². The molecule has 4 N–H and O–H groups in total. The number of amides is 1. The first kappa shape index (κ1) is 12.9. The number of hydrogen-bond acceptors (Lipinski definition) is 4. The van der Waals surface area contributed by atoms with Gasteiger partial charge in [0.15, 0.2) is 0 Å². The molecule has 1 saturated heterocycles. The molecule has 3 rings (SSSR count).